The van der Waals surface area contributed by atoms with Gasteiger partial charge in [0.1, 0.15) is 5.60 Å². The fourth-order valence-corrected chi connectivity index (χ4v) is 3.65. The van der Waals surface area contributed by atoms with Crippen molar-refractivity contribution in [3.05, 3.63) is 47.8 Å². The lowest BCUT2D eigenvalue weighted by molar-refractivity contribution is -0.118. The van der Waals surface area contributed by atoms with E-state index in [9.17, 15) is 14.0 Å². The summed E-state index contributed by atoms with van der Waals surface area (Å²) in [5.74, 6) is -0.634. The molecule has 152 valence electrons. The van der Waals surface area contributed by atoms with Crippen LogP contribution in [-0.2, 0) is 9.53 Å². The summed E-state index contributed by atoms with van der Waals surface area (Å²) in [4.78, 5) is 25.6. The van der Waals surface area contributed by atoms with Gasteiger partial charge < -0.3 is 10.1 Å². The number of thiophene rings is 1. The highest BCUT2D eigenvalue weighted by Crippen LogP contribution is 2.31. The van der Waals surface area contributed by atoms with Crippen molar-refractivity contribution in [3.63, 3.8) is 0 Å². The molecule has 1 atom stereocenters. The first-order valence-electron chi connectivity index (χ1n) is 8.64. The molecule has 7 nitrogen and oxygen atoms in total. The Morgan fingerprint density at radius 3 is 2.52 bits per heavy atom. The number of carbonyl (C=O) groups is 2. The Morgan fingerprint density at radius 2 is 1.90 bits per heavy atom. The van der Waals surface area contributed by atoms with Crippen molar-refractivity contribution in [2.45, 2.75) is 37.0 Å². The van der Waals surface area contributed by atoms with Gasteiger partial charge >= 0.3 is 6.09 Å². The largest absolute Gasteiger partial charge is 0.443 e. The molecule has 1 amide bonds. The predicted molar refractivity (Wildman–Crippen MR) is 111 cm³/mol. The molecule has 0 aliphatic carbocycles. The normalized spacial score (nSPS) is 12.4. The van der Waals surface area contributed by atoms with E-state index in [-0.39, 0.29) is 11.0 Å². The zero-order valence-corrected chi connectivity index (χ0v) is 17.6. The summed E-state index contributed by atoms with van der Waals surface area (Å²) in [7, 11) is 0. The van der Waals surface area contributed by atoms with Crippen molar-refractivity contribution in [1.29, 1.82) is 0 Å². The van der Waals surface area contributed by atoms with Crippen molar-refractivity contribution >= 4 is 40.8 Å². The number of anilines is 1. The number of nitrogens with one attached hydrogen (secondary N) is 1. The topological polar surface area (TPSA) is 86.1 Å². The molecule has 10 heteroatoms. The van der Waals surface area contributed by atoms with Crippen molar-refractivity contribution in [2.24, 2.45) is 0 Å². The molecule has 0 bridgehead atoms. The maximum absolute atomic E-state index is 14.6. The van der Waals surface area contributed by atoms with E-state index in [4.69, 9.17) is 4.74 Å². The van der Waals surface area contributed by atoms with E-state index in [2.05, 4.69) is 15.5 Å². The van der Waals surface area contributed by atoms with Gasteiger partial charge in [-0.2, -0.15) is 0 Å². The fraction of sp³-hybridized carbons (Fsp3) is 0.263. The van der Waals surface area contributed by atoms with Crippen LogP contribution in [0.15, 0.2) is 53.0 Å². The number of nitrogens with zero attached hydrogens (tertiary/aromatic N) is 3. The Balaban J connectivity index is 1.84. The van der Waals surface area contributed by atoms with Gasteiger partial charge in [-0.25, -0.2) is 13.8 Å². The molecular weight excluding hydrogens is 415 g/mol. The minimum atomic E-state index is -2.00. The molecule has 2 heterocycles. The van der Waals surface area contributed by atoms with Gasteiger partial charge in [-0.05, 0) is 56.1 Å². The standard InChI is InChI=1S/C19H19FN4O3S2/c1-19(2,3)27-18(26)24-15(13-10-7-11-28-13)22-23-17(24)29-14(20)16(25)21-12-8-5-4-6-9-12/h4-11,14H,1-3H3,(H,21,25). The first-order valence-corrected chi connectivity index (χ1v) is 10.4. The number of carbonyl (C=O) groups excluding carboxylic acids is 2. The average Bonchev–Trinajstić information content (AvgIpc) is 3.30. The number of alkyl halides is 1. The number of amides is 1. The molecule has 0 saturated heterocycles. The summed E-state index contributed by atoms with van der Waals surface area (Å²) in [5.41, 5.74) is -2.30. The van der Waals surface area contributed by atoms with Gasteiger partial charge in [0.25, 0.3) is 5.91 Å². The highest BCUT2D eigenvalue weighted by Gasteiger charge is 2.29. The molecule has 1 N–H and O–H groups in total. The summed E-state index contributed by atoms with van der Waals surface area (Å²) < 4.78 is 21.1. The van der Waals surface area contributed by atoms with Crippen molar-refractivity contribution < 1.29 is 18.7 Å². The molecular formula is C19H19FN4O3S2. The second kappa shape index (κ2) is 8.75. The number of hydrogen-bond donors (Lipinski definition) is 1. The third-order valence-corrected chi connectivity index (χ3v) is 5.17. The van der Waals surface area contributed by atoms with Crippen LogP contribution in [0.2, 0.25) is 0 Å². The quantitative estimate of drug-likeness (QED) is 0.580. The molecule has 1 unspecified atom stereocenters. The molecule has 0 aliphatic rings. The molecule has 0 saturated carbocycles. The maximum Gasteiger partial charge on any atom is 0.422 e. The SMILES string of the molecule is CC(C)(C)OC(=O)n1c(SC(F)C(=O)Nc2ccccc2)nnc1-c1cccs1. The summed E-state index contributed by atoms with van der Waals surface area (Å²) in [5, 5.41) is 12.2. The zero-order valence-electron chi connectivity index (χ0n) is 16.0. The first-order chi connectivity index (χ1) is 13.7. The molecule has 29 heavy (non-hydrogen) atoms. The maximum atomic E-state index is 14.6. The number of para-hydroxylation sites is 1. The van der Waals surface area contributed by atoms with Crippen LogP contribution in [0.5, 0.6) is 0 Å². The van der Waals surface area contributed by atoms with E-state index in [0.29, 0.717) is 22.3 Å². The van der Waals surface area contributed by atoms with Crippen LogP contribution in [0, 0.1) is 0 Å². The molecule has 0 radical (unpaired) electrons. The Morgan fingerprint density at radius 1 is 1.17 bits per heavy atom. The third-order valence-electron chi connectivity index (χ3n) is 3.41. The van der Waals surface area contributed by atoms with Crippen molar-refractivity contribution in [1.82, 2.24) is 14.8 Å². The van der Waals surface area contributed by atoms with E-state index in [1.807, 2.05) is 5.38 Å². The van der Waals surface area contributed by atoms with E-state index >= 15 is 0 Å². The monoisotopic (exact) mass is 434 g/mol. The van der Waals surface area contributed by atoms with Gasteiger partial charge in [0.05, 0.1) is 4.88 Å². The Kier molecular flexibility index (Phi) is 6.33. The number of rotatable bonds is 5. The Bertz CT molecular complexity index is 985. The lowest BCUT2D eigenvalue weighted by Crippen LogP contribution is -2.28. The van der Waals surface area contributed by atoms with Gasteiger partial charge in [-0.15, -0.1) is 21.5 Å². The van der Waals surface area contributed by atoms with Crippen LogP contribution in [-0.4, -0.2) is 37.9 Å². The minimum Gasteiger partial charge on any atom is -0.443 e. The van der Waals surface area contributed by atoms with E-state index in [0.717, 1.165) is 4.57 Å². The Hall–Kier alpha value is -2.72. The number of hydrogen-bond acceptors (Lipinski definition) is 7. The van der Waals surface area contributed by atoms with Crippen LogP contribution >= 0.6 is 23.1 Å². The lowest BCUT2D eigenvalue weighted by Gasteiger charge is -2.20. The van der Waals surface area contributed by atoms with E-state index in [1.54, 1.807) is 63.2 Å². The molecule has 0 fully saturated rings. The number of thioether (sulfide) groups is 1. The molecule has 0 aliphatic heterocycles. The van der Waals surface area contributed by atoms with Crippen molar-refractivity contribution in [3.8, 4) is 10.7 Å². The van der Waals surface area contributed by atoms with Gasteiger partial charge in [-0.3, -0.25) is 4.79 Å². The van der Waals surface area contributed by atoms with Gasteiger partial charge in [-0.1, -0.05) is 24.3 Å². The summed E-state index contributed by atoms with van der Waals surface area (Å²) in [6.07, 6.45) is -0.746. The molecule has 2 aromatic heterocycles. The van der Waals surface area contributed by atoms with Crippen LogP contribution in [0.1, 0.15) is 20.8 Å². The van der Waals surface area contributed by atoms with Gasteiger partial charge in [0, 0.05) is 5.69 Å². The van der Waals surface area contributed by atoms with Crippen molar-refractivity contribution in [2.75, 3.05) is 5.32 Å². The number of halogens is 1. The summed E-state index contributed by atoms with van der Waals surface area (Å²) >= 11 is 1.84. The predicted octanol–water partition coefficient (Wildman–Crippen LogP) is 4.82. The van der Waals surface area contributed by atoms with E-state index in [1.165, 1.54) is 11.3 Å². The van der Waals surface area contributed by atoms with Crippen LogP contribution in [0.25, 0.3) is 10.7 Å². The summed E-state index contributed by atoms with van der Waals surface area (Å²) in [6, 6.07) is 12.1. The first kappa shape index (κ1) is 21.0. The molecule has 0 spiro atoms. The number of ether oxygens (including phenoxy) is 1. The smallest absolute Gasteiger partial charge is 0.422 e. The second-order valence-electron chi connectivity index (χ2n) is 6.89. The second-order valence-corrected chi connectivity index (χ2v) is 8.85. The van der Waals surface area contributed by atoms with Crippen LogP contribution in [0.4, 0.5) is 14.9 Å². The highest BCUT2D eigenvalue weighted by molar-refractivity contribution is 8.00. The van der Waals surface area contributed by atoms with Crippen LogP contribution in [0.3, 0.4) is 0 Å². The highest BCUT2D eigenvalue weighted by atomic mass is 32.2. The van der Waals surface area contributed by atoms with Crippen LogP contribution < -0.4 is 5.32 Å². The number of benzene rings is 1. The molecule has 3 aromatic rings. The summed E-state index contributed by atoms with van der Waals surface area (Å²) in [6.45, 7) is 5.16. The van der Waals surface area contributed by atoms with E-state index < -0.39 is 23.1 Å². The average molecular weight is 435 g/mol. The molecule has 3 rings (SSSR count). The minimum absolute atomic E-state index is 0.0710. The lowest BCUT2D eigenvalue weighted by atomic mass is 10.2. The number of aromatic nitrogens is 3. The van der Waals surface area contributed by atoms with Gasteiger partial charge in [0.15, 0.2) is 5.82 Å². The fourth-order valence-electron chi connectivity index (χ4n) is 2.25. The van der Waals surface area contributed by atoms with Gasteiger partial charge in [0.2, 0.25) is 10.7 Å². The Labute approximate surface area is 175 Å². The molecule has 1 aromatic carbocycles. The third kappa shape index (κ3) is 5.42. The zero-order chi connectivity index (χ0) is 21.0.